The standard InChI is InChI=1S/C19H32N4O7.Lu/c24-16(15-1-2-15)11-20-3-5-21(12-17(25)26)7-9-23(14-19(29)30)10-8-22(6-4-20)13-18(27)28;/h15H,1-14H2,(H,25,26)(H,27,28)(H,29,30);/p+1/i;1+2. The molecule has 3 N–H and O–H groups in total. The van der Waals surface area contributed by atoms with Crippen molar-refractivity contribution in [2.75, 3.05) is 78.5 Å². The van der Waals surface area contributed by atoms with Crippen molar-refractivity contribution in [3.05, 3.63) is 0 Å². The van der Waals surface area contributed by atoms with Crippen molar-refractivity contribution in [1.82, 2.24) is 19.6 Å². The molecule has 0 aromatic heterocycles. The summed E-state index contributed by atoms with van der Waals surface area (Å²) < 4.78 is 0. The predicted molar refractivity (Wildman–Crippen MR) is 108 cm³/mol. The molecule has 1 aliphatic carbocycles. The van der Waals surface area contributed by atoms with Crippen molar-refractivity contribution in [2.24, 2.45) is 5.92 Å². The largest absolute Gasteiger partial charge is 1.00 e. The van der Waals surface area contributed by atoms with Gasteiger partial charge in [-0.1, -0.05) is 0 Å². The number of Topliss-reactive ketones (excluding diaryl/α,β-unsaturated/α-hetero) is 1. The van der Waals surface area contributed by atoms with Crippen LogP contribution in [-0.4, -0.2) is 137 Å². The summed E-state index contributed by atoms with van der Waals surface area (Å²) in [4.78, 5) is 53.1. The minimum atomic E-state index is -0.985. The van der Waals surface area contributed by atoms with Crippen LogP contribution in [0.2, 0.25) is 0 Å². The number of hydrogen-bond acceptors (Lipinski definition) is 8. The van der Waals surface area contributed by atoms with Crippen LogP contribution in [0.1, 0.15) is 14.3 Å². The van der Waals surface area contributed by atoms with Crippen LogP contribution < -0.4 is 0 Å². The molecule has 0 aromatic carbocycles. The van der Waals surface area contributed by atoms with E-state index in [1.807, 2.05) is 4.90 Å². The molecule has 185 valence electrons. The van der Waals surface area contributed by atoms with Crippen molar-refractivity contribution < 1.29 is 72.8 Å². The van der Waals surface area contributed by atoms with Crippen molar-refractivity contribution in [3.8, 4) is 0 Å². The Labute approximate surface area is 212 Å². The number of aliphatic carboxylic acids is 3. The molecule has 0 spiro atoms. The van der Waals surface area contributed by atoms with E-state index < -0.39 is 17.9 Å². The molecule has 1 heterocycles. The van der Waals surface area contributed by atoms with E-state index in [0.29, 0.717) is 52.4 Å². The van der Waals surface area contributed by atoms with Crippen molar-refractivity contribution in [3.63, 3.8) is 0 Å². The molecule has 2 aliphatic rings. The second-order valence-corrected chi connectivity index (χ2v) is 8.03. The third kappa shape index (κ3) is 12.1. The van der Waals surface area contributed by atoms with Gasteiger partial charge in [0.25, 0.3) is 0 Å². The molecule has 31 heavy (non-hydrogen) atoms. The third-order valence-corrected chi connectivity index (χ3v) is 5.42. The van der Waals surface area contributed by atoms with E-state index in [1.54, 1.807) is 14.7 Å². The van der Waals surface area contributed by atoms with E-state index in [1.165, 1.54) is 0 Å². The number of nitrogens with zero attached hydrogens (tertiary/aromatic N) is 4. The molecule has 0 unspecified atom stereocenters. The summed E-state index contributed by atoms with van der Waals surface area (Å²) in [6, 6.07) is 0. The first-order valence-corrected chi connectivity index (χ1v) is 10.3. The molecule has 1 saturated carbocycles. The van der Waals surface area contributed by atoms with Gasteiger partial charge in [-0.15, -0.1) is 0 Å². The summed E-state index contributed by atoms with van der Waals surface area (Å²) in [6.45, 7) is 3.12. The fraction of sp³-hybridized carbons (Fsp3) is 0.789. The monoisotopic (exact) mass is 606 g/mol. The first kappa shape index (κ1) is 28.2. The van der Waals surface area contributed by atoms with E-state index in [0.717, 1.165) is 12.8 Å². The predicted octanol–water partition coefficient (Wildman–Crippen LogP) is -1.45. The van der Waals surface area contributed by atoms with Gasteiger partial charge in [0, 0.05) is 95.2 Å². The van der Waals surface area contributed by atoms with Crippen LogP contribution in [0.5, 0.6) is 0 Å². The molecule has 0 aromatic rings. The SMILES string of the molecule is O=C(O)CN1CCN(CC(=O)O)CCN(CC(=O)C2CC2)CCN(CC(=O)O)CC1.[177Lu].[H+]. The Morgan fingerprint density at radius 1 is 0.581 bits per heavy atom. The van der Waals surface area contributed by atoms with Gasteiger partial charge in [-0.2, -0.15) is 0 Å². The Hall–Kier alpha value is -0.846. The summed E-state index contributed by atoms with van der Waals surface area (Å²) in [6.07, 6.45) is 1.84. The summed E-state index contributed by atoms with van der Waals surface area (Å²) >= 11 is 0. The van der Waals surface area contributed by atoms with Gasteiger partial charge in [0.2, 0.25) is 0 Å². The normalized spacial score (nSPS) is 20.8. The zero-order chi connectivity index (χ0) is 22.1. The first-order valence-electron chi connectivity index (χ1n) is 10.3. The maximum Gasteiger partial charge on any atom is 1.00 e. The third-order valence-electron chi connectivity index (χ3n) is 5.42. The molecule has 11 nitrogen and oxygen atoms in total. The number of carbonyl (C=O) groups is 4. The topological polar surface area (TPSA) is 142 Å². The van der Waals surface area contributed by atoms with Crippen LogP contribution in [0.25, 0.3) is 0 Å². The van der Waals surface area contributed by atoms with Crippen LogP contribution in [0.15, 0.2) is 0 Å². The molecule has 0 amide bonds. The van der Waals surface area contributed by atoms with E-state index in [9.17, 15) is 29.4 Å². The van der Waals surface area contributed by atoms with Gasteiger partial charge in [0.15, 0.2) is 0 Å². The zero-order valence-corrected chi connectivity index (χ0v) is 19.2. The first-order chi connectivity index (χ1) is 14.2. The minimum absolute atomic E-state index is 0. The zero-order valence-electron chi connectivity index (χ0n) is 18.5. The molecule has 2 rings (SSSR count). The smallest absolute Gasteiger partial charge is 0.480 e. The average Bonchev–Trinajstić information content (AvgIpc) is 3.47. The molecule has 0 bridgehead atoms. The number of carbonyl (C=O) groups excluding carboxylic acids is 1. The van der Waals surface area contributed by atoms with E-state index in [2.05, 4.69) is 0 Å². The summed E-state index contributed by atoms with van der Waals surface area (Å²) in [7, 11) is 0. The van der Waals surface area contributed by atoms with E-state index in [4.69, 9.17) is 5.11 Å². The van der Waals surface area contributed by atoms with E-state index in [-0.39, 0.29) is 76.2 Å². The fourth-order valence-corrected chi connectivity index (χ4v) is 3.54. The van der Waals surface area contributed by atoms with Crippen molar-refractivity contribution in [2.45, 2.75) is 12.8 Å². The van der Waals surface area contributed by atoms with Gasteiger partial charge >= 0.3 is 19.3 Å². The Balaban J connectivity index is 0.00000480. The van der Waals surface area contributed by atoms with Gasteiger partial charge in [0.05, 0.1) is 26.2 Å². The molecular weight excluding hydrogens is 573 g/mol. The number of carboxylic acids is 3. The van der Waals surface area contributed by atoms with Gasteiger partial charge in [-0.3, -0.25) is 38.8 Å². The Kier molecular flexibility index (Phi) is 13.0. The van der Waals surface area contributed by atoms with Crippen LogP contribution in [0.3, 0.4) is 0 Å². The summed E-state index contributed by atoms with van der Waals surface area (Å²) in [5, 5.41) is 27.5. The maximum atomic E-state index is 12.3. The van der Waals surface area contributed by atoms with Crippen LogP contribution in [-0.2, 0) is 19.2 Å². The van der Waals surface area contributed by atoms with Crippen LogP contribution in [0, 0.1) is 42.8 Å². The van der Waals surface area contributed by atoms with Gasteiger partial charge in [0.1, 0.15) is 5.78 Å². The number of ketones is 1. The fourth-order valence-electron chi connectivity index (χ4n) is 3.54. The van der Waals surface area contributed by atoms with E-state index >= 15 is 0 Å². The number of rotatable bonds is 9. The Bertz CT molecular complexity index is 607. The maximum absolute atomic E-state index is 12.3. The quantitative estimate of drug-likeness (QED) is 0.284. The Morgan fingerprint density at radius 3 is 1.06 bits per heavy atom. The number of hydrogen-bond donors (Lipinski definition) is 3. The number of carboxylic acid groups (broad SMARTS) is 3. The average molecular weight is 606 g/mol. The molecule has 2 fully saturated rings. The van der Waals surface area contributed by atoms with Crippen molar-refractivity contribution >= 4 is 23.7 Å². The molecule has 0 atom stereocenters. The second-order valence-electron chi connectivity index (χ2n) is 8.03. The summed E-state index contributed by atoms with van der Waals surface area (Å²) in [5.74, 6) is -2.59. The van der Waals surface area contributed by atoms with Crippen LogP contribution in [0.4, 0.5) is 0 Å². The molecule has 1 saturated heterocycles. The van der Waals surface area contributed by atoms with Crippen molar-refractivity contribution in [1.29, 1.82) is 0 Å². The second kappa shape index (κ2) is 14.3. The molecular formula is C19H33LuN4O7+. The minimum Gasteiger partial charge on any atom is -0.480 e. The van der Waals surface area contributed by atoms with Crippen LogP contribution >= 0.6 is 0 Å². The molecule has 1 aliphatic heterocycles. The summed E-state index contributed by atoms with van der Waals surface area (Å²) in [5.41, 5.74) is 0. The molecule has 1 radical (unpaired) electrons. The molecule has 12 heteroatoms. The van der Waals surface area contributed by atoms with Gasteiger partial charge in [-0.05, 0) is 12.8 Å². The van der Waals surface area contributed by atoms with Gasteiger partial charge in [-0.25, -0.2) is 0 Å². The van der Waals surface area contributed by atoms with Gasteiger partial charge < -0.3 is 15.3 Å². The Morgan fingerprint density at radius 2 is 0.839 bits per heavy atom.